The zero-order valence-corrected chi connectivity index (χ0v) is 9.80. The molecule has 94 valence electrons. The van der Waals surface area contributed by atoms with E-state index in [2.05, 4.69) is 0 Å². The Bertz CT molecular complexity index is 497. The largest absolute Gasteiger partial charge is 0.347 e. The highest BCUT2D eigenvalue weighted by atomic mass is 32.2. The molecule has 0 aliphatic heterocycles. The van der Waals surface area contributed by atoms with Crippen molar-refractivity contribution >= 4 is 15.7 Å². The predicted molar refractivity (Wildman–Crippen MR) is 57.4 cm³/mol. The van der Waals surface area contributed by atoms with E-state index in [9.17, 15) is 22.0 Å². The van der Waals surface area contributed by atoms with Gasteiger partial charge in [0.2, 0.25) is 0 Å². The van der Waals surface area contributed by atoms with Crippen molar-refractivity contribution in [1.29, 1.82) is 0 Å². The van der Waals surface area contributed by atoms with Gasteiger partial charge in [-0.05, 0) is 17.7 Å². The van der Waals surface area contributed by atoms with E-state index in [1.807, 2.05) is 5.32 Å². The van der Waals surface area contributed by atoms with E-state index in [1.165, 1.54) is 24.3 Å². The molecule has 17 heavy (non-hydrogen) atoms. The Morgan fingerprint density at radius 3 is 2.24 bits per heavy atom. The molecule has 0 fully saturated rings. The Morgan fingerprint density at radius 1 is 1.29 bits per heavy atom. The lowest BCUT2D eigenvalue weighted by Crippen LogP contribution is -2.28. The van der Waals surface area contributed by atoms with Crippen LogP contribution < -0.4 is 5.32 Å². The van der Waals surface area contributed by atoms with Crippen LogP contribution in [0.1, 0.15) is 5.56 Å². The van der Waals surface area contributed by atoms with Gasteiger partial charge in [-0.2, -0.15) is 8.78 Å². The molecule has 0 heterocycles. The lowest BCUT2D eigenvalue weighted by molar-refractivity contribution is -0.131. The van der Waals surface area contributed by atoms with Crippen LogP contribution >= 0.6 is 0 Å². The van der Waals surface area contributed by atoms with Gasteiger partial charge in [-0.25, -0.2) is 8.42 Å². The number of halogens is 2. The van der Waals surface area contributed by atoms with Crippen LogP contribution in [0.15, 0.2) is 29.2 Å². The van der Waals surface area contributed by atoms with Crippen LogP contribution in [0.3, 0.4) is 0 Å². The predicted octanol–water partition coefficient (Wildman–Crippen LogP) is 0.971. The smallest absolute Gasteiger partial charge is 0.315 e. The number of alkyl halides is 2. The SMILES string of the molecule is CS(=O)(=O)c1ccc(CNC(=O)C(F)F)cc1. The topological polar surface area (TPSA) is 63.2 Å². The molecule has 4 nitrogen and oxygen atoms in total. The second-order valence-electron chi connectivity index (χ2n) is 3.43. The third kappa shape index (κ3) is 4.10. The second kappa shape index (κ2) is 5.22. The van der Waals surface area contributed by atoms with Gasteiger partial charge in [0.05, 0.1) is 4.90 Å². The van der Waals surface area contributed by atoms with Crippen molar-refractivity contribution in [1.82, 2.24) is 5.32 Å². The standard InChI is InChI=1S/C10H11F2NO3S/c1-17(15,16)8-4-2-7(3-5-8)6-13-10(14)9(11)12/h2-5,9H,6H2,1H3,(H,13,14). The number of nitrogens with one attached hydrogen (secondary N) is 1. The second-order valence-corrected chi connectivity index (χ2v) is 5.45. The molecular weight excluding hydrogens is 252 g/mol. The molecule has 7 heteroatoms. The van der Waals surface area contributed by atoms with Crippen LogP contribution in [0.2, 0.25) is 0 Å². The molecule has 0 saturated heterocycles. The quantitative estimate of drug-likeness (QED) is 0.880. The van der Waals surface area contributed by atoms with Gasteiger partial charge >= 0.3 is 6.43 Å². The van der Waals surface area contributed by atoms with E-state index >= 15 is 0 Å². The molecule has 1 aromatic rings. The minimum atomic E-state index is -3.27. The van der Waals surface area contributed by atoms with Gasteiger partial charge in [0, 0.05) is 12.8 Å². The number of carbonyl (C=O) groups is 1. The maximum absolute atomic E-state index is 11.9. The van der Waals surface area contributed by atoms with E-state index in [0.29, 0.717) is 5.56 Å². The number of benzene rings is 1. The number of rotatable bonds is 4. The lowest BCUT2D eigenvalue weighted by atomic mass is 10.2. The molecule has 1 rings (SSSR count). The highest BCUT2D eigenvalue weighted by Gasteiger charge is 2.14. The summed E-state index contributed by atoms with van der Waals surface area (Å²) in [5.74, 6) is -1.35. The Kier molecular flexibility index (Phi) is 4.17. The molecule has 0 unspecified atom stereocenters. The molecule has 0 aliphatic rings. The van der Waals surface area contributed by atoms with Crippen molar-refractivity contribution in [3.63, 3.8) is 0 Å². The molecule has 1 N–H and O–H groups in total. The Morgan fingerprint density at radius 2 is 1.82 bits per heavy atom. The van der Waals surface area contributed by atoms with Gasteiger partial charge in [0.1, 0.15) is 0 Å². The van der Waals surface area contributed by atoms with E-state index in [4.69, 9.17) is 0 Å². The van der Waals surface area contributed by atoms with Gasteiger partial charge < -0.3 is 5.32 Å². The highest BCUT2D eigenvalue weighted by Crippen LogP contribution is 2.10. The Hall–Kier alpha value is -1.50. The third-order valence-electron chi connectivity index (χ3n) is 2.02. The first-order chi connectivity index (χ1) is 7.80. The first-order valence-corrected chi connectivity index (χ1v) is 6.54. The van der Waals surface area contributed by atoms with Gasteiger partial charge in [0.15, 0.2) is 9.84 Å². The average molecular weight is 263 g/mol. The molecule has 0 radical (unpaired) electrons. The number of amides is 1. The Balaban J connectivity index is 2.67. The van der Waals surface area contributed by atoms with Crippen molar-refractivity contribution < 1.29 is 22.0 Å². The van der Waals surface area contributed by atoms with E-state index < -0.39 is 22.2 Å². The van der Waals surface area contributed by atoms with E-state index in [-0.39, 0.29) is 11.4 Å². The summed E-state index contributed by atoms with van der Waals surface area (Å²) in [6.45, 7) is -0.0623. The van der Waals surface area contributed by atoms with E-state index in [1.54, 1.807) is 0 Å². The fourth-order valence-electron chi connectivity index (χ4n) is 1.12. The molecule has 0 aromatic heterocycles. The molecule has 0 aliphatic carbocycles. The zero-order valence-electron chi connectivity index (χ0n) is 8.98. The van der Waals surface area contributed by atoms with Crippen LogP contribution in [-0.2, 0) is 21.2 Å². The normalized spacial score (nSPS) is 11.5. The molecule has 0 saturated carbocycles. The number of hydrogen-bond acceptors (Lipinski definition) is 3. The van der Waals surface area contributed by atoms with Crippen LogP contribution in [0.5, 0.6) is 0 Å². The van der Waals surface area contributed by atoms with Crippen LogP contribution in [0.4, 0.5) is 8.78 Å². The molecule has 0 spiro atoms. The van der Waals surface area contributed by atoms with Crippen molar-refractivity contribution in [3.8, 4) is 0 Å². The summed E-state index contributed by atoms with van der Waals surface area (Å²) in [7, 11) is -3.27. The Labute approximate surface area is 97.6 Å². The van der Waals surface area contributed by atoms with Gasteiger partial charge in [-0.3, -0.25) is 4.79 Å². The van der Waals surface area contributed by atoms with Crippen molar-refractivity contribution in [3.05, 3.63) is 29.8 Å². The fourth-order valence-corrected chi connectivity index (χ4v) is 1.75. The van der Waals surface area contributed by atoms with E-state index in [0.717, 1.165) is 6.26 Å². The van der Waals surface area contributed by atoms with Crippen LogP contribution in [0.25, 0.3) is 0 Å². The van der Waals surface area contributed by atoms with Gasteiger partial charge in [-0.15, -0.1) is 0 Å². The summed E-state index contributed by atoms with van der Waals surface area (Å²) >= 11 is 0. The lowest BCUT2D eigenvalue weighted by Gasteiger charge is -2.05. The maximum Gasteiger partial charge on any atom is 0.315 e. The first-order valence-electron chi connectivity index (χ1n) is 4.65. The molecule has 0 atom stereocenters. The van der Waals surface area contributed by atoms with Crippen molar-refractivity contribution in [2.24, 2.45) is 0 Å². The van der Waals surface area contributed by atoms with Crippen molar-refractivity contribution in [2.45, 2.75) is 17.9 Å². The number of sulfone groups is 1. The fraction of sp³-hybridized carbons (Fsp3) is 0.300. The van der Waals surface area contributed by atoms with Gasteiger partial charge in [0.25, 0.3) is 5.91 Å². The zero-order chi connectivity index (χ0) is 13.1. The molecule has 0 bridgehead atoms. The minimum Gasteiger partial charge on any atom is -0.347 e. The van der Waals surface area contributed by atoms with Crippen LogP contribution in [-0.4, -0.2) is 27.0 Å². The molecule has 1 aromatic carbocycles. The number of carbonyl (C=O) groups excluding carboxylic acids is 1. The van der Waals surface area contributed by atoms with Crippen LogP contribution in [0, 0.1) is 0 Å². The average Bonchev–Trinajstić information content (AvgIpc) is 2.25. The minimum absolute atomic E-state index is 0.0623. The first kappa shape index (κ1) is 13.6. The maximum atomic E-state index is 11.9. The third-order valence-corrected chi connectivity index (χ3v) is 3.14. The summed E-state index contributed by atoms with van der Waals surface area (Å²) < 4.78 is 46.0. The summed E-state index contributed by atoms with van der Waals surface area (Å²) in [5, 5.41) is 2.02. The summed E-state index contributed by atoms with van der Waals surface area (Å²) in [6, 6.07) is 5.64. The van der Waals surface area contributed by atoms with Gasteiger partial charge in [-0.1, -0.05) is 12.1 Å². The molecule has 1 amide bonds. The monoisotopic (exact) mass is 263 g/mol. The molecular formula is C10H11F2NO3S. The highest BCUT2D eigenvalue weighted by molar-refractivity contribution is 7.90. The summed E-state index contributed by atoms with van der Waals surface area (Å²) in [5.41, 5.74) is 0.548. The summed E-state index contributed by atoms with van der Waals surface area (Å²) in [4.78, 5) is 10.7. The number of hydrogen-bond donors (Lipinski definition) is 1. The van der Waals surface area contributed by atoms with Crippen molar-refractivity contribution in [2.75, 3.05) is 6.26 Å². The summed E-state index contributed by atoms with van der Waals surface area (Å²) in [6.07, 6.45) is -1.98.